The van der Waals surface area contributed by atoms with Gasteiger partial charge >= 0.3 is 13.2 Å². The van der Waals surface area contributed by atoms with Crippen LogP contribution in [-0.4, -0.2) is 71.1 Å². The molecule has 2 aliphatic rings. The van der Waals surface area contributed by atoms with Crippen molar-refractivity contribution in [2.24, 2.45) is 0 Å². The summed E-state index contributed by atoms with van der Waals surface area (Å²) in [5.41, 5.74) is -0.707. The van der Waals surface area contributed by atoms with Gasteiger partial charge in [0.2, 0.25) is 11.9 Å². The van der Waals surface area contributed by atoms with Gasteiger partial charge in [-0.2, -0.15) is 0 Å². The zero-order chi connectivity index (χ0) is 26.0. The van der Waals surface area contributed by atoms with E-state index >= 15 is 0 Å². The van der Waals surface area contributed by atoms with E-state index in [2.05, 4.69) is 25.5 Å². The summed E-state index contributed by atoms with van der Waals surface area (Å²) in [6, 6.07) is -0.651. The van der Waals surface area contributed by atoms with E-state index in [1.54, 1.807) is 40.1 Å². The highest BCUT2D eigenvalue weighted by molar-refractivity contribution is 6.61. The second kappa shape index (κ2) is 10.3. The Morgan fingerprint density at radius 2 is 1.77 bits per heavy atom. The topological polar surface area (TPSA) is 115 Å². The van der Waals surface area contributed by atoms with Crippen molar-refractivity contribution in [3.8, 4) is 0 Å². The van der Waals surface area contributed by atoms with Crippen molar-refractivity contribution in [1.82, 2.24) is 20.6 Å². The molecule has 35 heavy (non-hydrogen) atoms. The van der Waals surface area contributed by atoms with E-state index in [1.807, 2.05) is 27.7 Å². The molecule has 2 atom stereocenters. The van der Waals surface area contributed by atoms with Crippen molar-refractivity contribution in [2.75, 3.05) is 18.0 Å². The number of alkyl carbamates (subject to hydrolysis) is 1. The number of hydrogen-bond donors (Lipinski definition) is 2. The number of aromatic nitrogens is 2. The highest BCUT2D eigenvalue weighted by Gasteiger charge is 2.52. The molecule has 2 N–H and O–H groups in total. The lowest BCUT2D eigenvalue weighted by Gasteiger charge is -2.36. The number of ether oxygens (including phenoxy) is 1. The fraction of sp³-hybridized carbons (Fsp3) is 0.750. The smallest absolute Gasteiger partial charge is 0.444 e. The van der Waals surface area contributed by atoms with Crippen LogP contribution in [0, 0.1) is 0 Å². The van der Waals surface area contributed by atoms with E-state index in [0.29, 0.717) is 12.5 Å². The van der Waals surface area contributed by atoms with E-state index in [4.69, 9.17) is 14.0 Å². The maximum atomic E-state index is 12.6. The number of nitrogens with one attached hydrogen (secondary N) is 2. The van der Waals surface area contributed by atoms with Crippen molar-refractivity contribution in [3.63, 3.8) is 0 Å². The van der Waals surface area contributed by atoms with Gasteiger partial charge in [-0.1, -0.05) is 0 Å². The van der Waals surface area contributed by atoms with Crippen LogP contribution >= 0.6 is 0 Å². The van der Waals surface area contributed by atoms with Gasteiger partial charge in [0, 0.05) is 37.0 Å². The molecular weight excluding hydrogens is 449 g/mol. The Kier molecular flexibility index (Phi) is 8.01. The summed E-state index contributed by atoms with van der Waals surface area (Å²) in [5, 5.41) is 5.52. The Morgan fingerprint density at radius 3 is 2.34 bits per heavy atom. The first-order valence-electron chi connectivity index (χ1n) is 12.4. The number of rotatable bonds is 6. The number of carbonyl (C=O) groups excluding carboxylic acids is 2. The zero-order valence-corrected chi connectivity index (χ0v) is 22.3. The highest BCUT2D eigenvalue weighted by atomic mass is 16.7. The van der Waals surface area contributed by atoms with Crippen LogP contribution in [0.3, 0.4) is 0 Å². The zero-order valence-electron chi connectivity index (χ0n) is 22.3. The molecule has 2 fully saturated rings. The van der Waals surface area contributed by atoms with Crippen LogP contribution in [0.15, 0.2) is 12.4 Å². The lowest BCUT2D eigenvalue weighted by atomic mass is 9.81. The van der Waals surface area contributed by atoms with E-state index in [0.717, 1.165) is 31.3 Å². The van der Waals surface area contributed by atoms with Gasteiger partial charge in [-0.05, 0) is 74.7 Å². The molecule has 3 heterocycles. The van der Waals surface area contributed by atoms with Crippen molar-refractivity contribution in [1.29, 1.82) is 0 Å². The van der Waals surface area contributed by atoms with Gasteiger partial charge < -0.3 is 29.6 Å². The first-order chi connectivity index (χ1) is 16.2. The van der Waals surface area contributed by atoms with Gasteiger partial charge in [-0.15, -0.1) is 0 Å². The average Bonchev–Trinajstić information content (AvgIpc) is 2.98. The molecule has 0 aliphatic carbocycles. The fourth-order valence-corrected chi connectivity index (χ4v) is 3.98. The highest BCUT2D eigenvalue weighted by Crippen LogP contribution is 2.36. The Hall–Kier alpha value is -2.40. The van der Waals surface area contributed by atoms with Gasteiger partial charge in [0.05, 0.1) is 11.2 Å². The van der Waals surface area contributed by atoms with Crippen LogP contribution in [-0.2, 0) is 18.8 Å². The number of nitrogens with zero attached hydrogens (tertiary/aromatic N) is 3. The minimum Gasteiger partial charge on any atom is -0.444 e. The normalized spacial score (nSPS) is 22.5. The minimum absolute atomic E-state index is 0.0594. The number of anilines is 1. The summed E-state index contributed by atoms with van der Waals surface area (Å²) in [7, 11) is -0.510. The molecule has 11 heteroatoms. The van der Waals surface area contributed by atoms with E-state index in [-0.39, 0.29) is 11.9 Å². The lowest BCUT2D eigenvalue weighted by molar-refractivity contribution is -0.122. The predicted octanol–water partition coefficient (Wildman–Crippen LogP) is 2.16. The number of carbonyl (C=O) groups is 2. The molecule has 10 nitrogen and oxygen atoms in total. The van der Waals surface area contributed by atoms with Crippen molar-refractivity contribution in [3.05, 3.63) is 12.4 Å². The molecular formula is C24H40BN5O5. The molecule has 0 aromatic carbocycles. The van der Waals surface area contributed by atoms with Crippen molar-refractivity contribution >= 4 is 30.5 Å². The number of amides is 2. The first-order valence-corrected chi connectivity index (χ1v) is 12.4. The molecule has 2 saturated heterocycles. The fourth-order valence-electron chi connectivity index (χ4n) is 3.98. The third kappa shape index (κ3) is 6.85. The van der Waals surface area contributed by atoms with E-state index in [1.165, 1.54) is 0 Å². The Labute approximate surface area is 209 Å². The van der Waals surface area contributed by atoms with Crippen LogP contribution in [0.25, 0.3) is 0 Å². The van der Waals surface area contributed by atoms with Crippen LogP contribution in [0.2, 0.25) is 0 Å². The van der Waals surface area contributed by atoms with E-state index in [9.17, 15) is 9.59 Å². The van der Waals surface area contributed by atoms with Crippen LogP contribution in [0.1, 0.15) is 74.7 Å². The largest absolute Gasteiger partial charge is 0.498 e. The van der Waals surface area contributed by atoms with Crippen LogP contribution in [0.4, 0.5) is 10.7 Å². The predicted molar refractivity (Wildman–Crippen MR) is 135 cm³/mol. The molecule has 1 aromatic heterocycles. The molecule has 0 bridgehead atoms. The summed E-state index contributed by atoms with van der Waals surface area (Å²) >= 11 is 0. The molecule has 0 unspecified atom stereocenters. The molecule has 2 aliphatic heterocycles. The summed E-state index contributed by atoms with van der Waals surface area (Å²) in [5.74, 6) is 0.350. The Bertz CT molecular complexity index is 887. The lowest BCUT2D eigenvalue weighted by Crippen LogP contribution is -2.52. The first kappa shape index (κ1) is 27.2. The molecule has 1 aromatic rings. The van der Waals surface area contributed by atoms with Gasteiger partial charge in [0.1, 0.15) is 11.6 Å². The molecule has 0 radical (unpaired) electrons. The third-order valence-electron chi connectivity index (χ3n) is 6.71. The quantitative estimate of drug-likeness (QED) is 0.585. The SMILES string of the molecule is C[C@H](NC(=O)OC(C)(C)C)C(=O)NC[C@@H]1CCCCN1c1ncc(B2OC(C)(C)C(C)(C)O2)cn1. The average molecular weight is 489 g/mol. The number of hydrogen-bond acceptors (Lipinski definition) is 8. The maximum absolute atomic E-state index is 12.6. The van der Waals surface area contributed by atoms with Crippen molar-refractivity contribution in [2.45, 2.75) is 104 Å². The van der Waals surface area contributed by atoms with Gasteiger partial charge in [0.15, 0.2) is 0 Å². The van der Waals surface area contributed by atoms with Gasteiger partial charge in [0.25, 0.3) is 0 Å². The molecule has 3 rings (SSSR count). The van der Waals surface area contributed by atoms with Crippen LogP contribution < -0.4 is 21.0 Å². The summed E-state index contributed by atoms with van der Waals surface area (Å²) < 4.78 is 17.4. The monoisotopic (exact) mass is 489 g/mol. The van der Waals surface area contributed by atoms with Gasteiger partial charge in [-0.3, -0.25) is 4.79 Å². The maximum Gasteiger partial charge on any atom is 0.498 e. The van der Waals surface area contributed by atoms with Crippen molar-refractivity contribution < 1.29 is 23.6 Å². The van der Waals surface area contributed by atoms with E-state index < -0.39 is 36.1 Å². The summed E-state index contributed by atoms with van der Waals surface area (Å²) in [6.45, 7) is 16.3. The van der Waals surface area contributed by atoms with Gasteiger partial charge in [-0.25, -0.2) is 14.8 Å². The third-order valence-corrected chi connectivity index (χ3v) is 6.71. The minimum atomic E-state index is -0.711. The molecule has 194 valence electrons. The molecule has 0 spiro atoms. The summed E-state index contributed by atoms with van der Waals surface area (Å²) in [6.07, 6.45) is 5.90. The standard InChI is InChI=1S/C24H40BN5O5/c1-16(29-21(32)33-22(2,3)4)19(31)26-15-18-11-9-10-12-30(18)20-27-13-17(14-28-20)25-34-23(5,6)24(7,8)35-25/h13-14,16,18H,9-12,15H2,1-8H3,(H,26,31)(H,29,32)/t16-,18-/m0/s1. The van der Waals surface area contributed by atoms with Crippen LogP contribution in [0.5, 0.6) is 0 Å². The second-order valence-corrected chi connectivity index (χ2v) is 11.4. The molecule has 0 saturated carbocycles. The second-order valence-electron chi connectivity index (χ2n) is 11.4. The number of piperidine rings is 1. The Balaban J connectivity index is 1.58. The molecule has 2 amide bonds. The summed E-state index contributed by atoms with van der Waals surface area (Å²) in [4.78, 5) is 35.8. The Morgan fingerprint density at radius 1 is 1.17 bits per heavy atom.